The van der Waals surface area contributed by atoms with E-state index in [2.05, 4.69) is 26.8 Å². The van der Waals surface area contributed by atoms with Crippen LogP contribution in [-0.4, -0.2) is 12.6 Å². The minimum absolute atomic E-state index is 0.0393. The summed E-state index contributed by atoms with van der Waals surface area (Å²) in [5.74, 6) is 1.66. The van der Waals surface area contributed by atoms with E-state index in [1.54, 1.807) is 0 Å². The molecule has 0 aromatic rings. The van der Waals surface area contributed by atoms with Crippen LogP contribution in [0.3, 0.4) is 0 Å². The van der Waals surface area contributed by atoms with Gasteiger partial charge in [-0.3, -0.25) is 4.79 Å². The second kappa shape index (κ2) is 3.99. The molecule has 1 saturated heterocycles. The number of carbonyl (C=O) groups is 1. The number of hydrogen-bond donors (Lipinski definition) is 0. The molecule has 0 N–H and O–H groups in total. The fourth-order valence-corrected chi connectivity index (χ4v) is 3.02. The third-order valence-electron chi connectivity index (χ3n) is 3.99. The molecule has 2 nitrogen and oxygen atoms in total. The van der Waals surface area contributed by atoms with Gasteiger partial charge in [0, 0.05) is 0 Å². The molecule has 1 heterocycles. The molecule has 0 amide bonds. The first-order valence-corrected chi connectivity index (χ1v) is 5.94. The van der Waals surface area contributed by atoms with Crippen LogP contribution in [0.4, 0.5) is 0 Å². The molecule has 2 aliphatic rings. The van der Waals surface area contributed by atoms with Crippen molar-refractivity contribution in [3.05, 3.63) is 11.6 Å². The summed E-state index contributed by atoms with van der Waals surface area (Å²) in [7, 11) is 0. The standard InChI is InChI=1S/C13H20O2/c1-8(2)10-5-4-9(3)11-6-7-15-13(14)12(10)11/h4,8,10-12H,5-7H2,1-3H3/t10-,11-,12-/m1/s1. The summed E-state index contributed by atoms with van der Waals surface area (Å²) in [6.07, 6.45) is 4.38. The highest BCUT2D eigenvalue weighted by Crippen LogP contribution is 2.42. The first-order valence-electron chi connectivity index (χ1n) is 5.94. The minimum Gasteiger partial charge on any atom is -0.465 e. The molecule has 0 unspecified atom stereocenters. The molecule has 0 saturated carbocycles. The van der Waals surface area contributed by atoms with Crippen LogP contribution in [0.25, 0.3) is 0 Å². The Kier molecular flexibility index (Phi) is 2.85. The zero-order valence-corrected chi connectivity index (χ0v) is 9.82. The molecule has 1 aliphatic heterocycles. The fourth-order valence-electron chi connectivity index (χ4n) is 3.02. The Labute approximate surface area is 91.7 Å². The maximum absolute atomic E-state index is 11.8. The van der Waals surface area contributed by atoms with Crippen LogP contribution in [-0.2, 0) is 9.53 Å². The van der Waals surface area contributed by atoms with Gasteiger partial charge in [0.25, 0.3) is 0 Å². The number of fused-ring (bicyclic) bond motifs is 1. The quantitative estimate of drug-likeness (QED) is 0.489. The van der Waals surface area contributed by atoms with Gasteiger partial charge in [-0.1, -0.05) is 25.5 Å². The van der Waals surface area contributed by atoms with Gasteiger partial charge in [-0.25, -0.2) is 0 Å². The molecule has 0 bridgehead atoms. The summed E-state index contributed by atoms with van der Waals surface area (Å²) < 4.78 is 5.21. The van der Waals surface area contributed by atoms with Crippen molar-refractivity contribution in [2.45, 2.75) is 33.6 Å². The van der Waals surface area contributed by atoms with Gasteiger partial charge >= 0.3 is 5.97 Å². The second-order valence-electron chi connectivity index (χ2n) is 5.18. The average Bonchev–Trinajstić information content (AvgIpc) is 2.19. The van der Waals surface area contributed by atoms with Gasteiger partial charge < -0.3 is 4.74 Å². The summed E-state index contributed by atoms with van der Waals surface area (Å²) in [6.45, 7) is 7.18. The normalized spacial score (nSPS) is 35.9. The summed E-state index contributed by atoms with van der Waals surface area (Å²) in [4.78, 5) is 11.8. The smallest absolute Gasteiger partial charge is 0.309 e. The average molecular weight is 208 g/mol. The molecular weight excluding hydrogens is 188 g/mol. The molecule has 0 aromatic heterocycles. The molecule has 15 heavy (non-hydrogen) atoms. The van der Waals surface area contributed by atoms with E-state index < -0.39 is 0 Å². The molecular formula is C13H20O2. The highest BCUT2D eigenvalue weighted by molar-refractivity contribution is 5.74. The van der Waals surface area contributed by atoms with Crippen LogP contribution in [0.2, 0.25) is 0 Å². The van der Waals surface area contributed by atoms with Crippen molar-refractivity contribution in [1.29, 1.82) is 0 Å². The van der Waals surface area contributed by atoms with Gasteiger partial charge in [-0.15, -0.1) is 0 Å². The van der Waals surface area contributed by atoms with Crippen molar-refractivity contribution in [3.63, 3.8) is 0 Å². The minimum atomic E-state index is 0.0393. The number of carbonyl (C=O) groups excluding carboxylic acids is 1. The summed E-state index contributed by atoms with van der Waals surface area (Å²) in [6, 6.07) is 0. The third kappa shape index (κ3) is 1.82. The lowest BCUT2D eigenvalue weighted by atomic mass is 9.66. The number of esters is 1. The molecule has 0 spiro atoms. The first kappa shape index (κ1) is 10.7. The summed E-state index contributed by atoms with van der Waals surface area (Å²) >= 11 is 0. The fraction of sp³-hybridized carbons (Fsp3) is 0.769. The van der Waals surface area contributed by atoms with E-state index in [0.717, 1.165) is 12.8 Å². The predicted molar refractivity (Wildman–Crippen MR) is 59.3 cm³/mol. The predicted octanol–water partition coefficient (Wildman–Crippen LogP) is 2.79. The molecule has 0 radical (unpaired) electrons. The number of rotatable bonds is 1. The Bertz CT molecular complexity index is 291. The van der Waals surface area contributed by atoms with Crippen LogP contribution in [0.15, 0.2) is 11.6 Å². The molecule has 1 fully saturated rings. The Morgan fingerprint density at radius 3 is 2.87 bits per heavy atom. The van der Waals surface area contributed by atoms with E-state index in [0.29, 0.717) is 24.4 Å². The third-order valence-corrected chi connectivity index (χ3v) is 3.99. The van der Waals surface area contributed by atoms with Gasteiger partial charge in [0.1, 0.15) is 0 Å². The van der Waals surface area contributed by atoms with Crippen LogP contribution >= 0.6 is 0 Å². The summed E-state index contributed by atoms with van der Waals surface area (Å²) in [5, 5.41) is 0. The molecule has 84 valence electrons. The Hall–Kier alpha value is -0.790. The SMILES string of the molecule is CC1=CC[C@H](C(C)C)[C@H]2C(=O)OCC[C@H]12. The Balaban J connectivity index is 2.28. The zero-order chi connectivity index (χ0) is 11.0. The zero-order valence-electron chi connectivity index (χ0n) is 9.82. The number of cyclic esters (lactones) is 1. The first-order chi connectivity index (χ1) is 7.11. The largest absolute Gasteiger partial charge is 0.465 e. The van der Waals surface area contributed by atoms with Gasteiger partial charge in [-0.2, -0.15) is 0 Å². The van der Waals surface area contributed by atoms with Crippen LogP contribution in [0, 0.1) is 23.7 Å². The highest BCUT2D eigenvalue weighted by atomic mass is 16.5. The van der Waals surface area contributed by atoms with Crippen LogP contribution < -0.4 is 0 Å². The van der Waals surface area contributed by atoms with Gasteiger partial charge in [0.15, 0.2) is 0 Å². The maximum atomic E-state index is 11.8. The van der Waals surface area contributed by atoms with Gasteiger partial charge in [-0.05, 0) is 37.5 Å². The lowest BCUT2D eigenvalue weighted by Gasteiger charge is -2.40. The van der Waals surface area contributed by atoms with Gasteiger partial charge in [0.2, 0.25) is 0 Å². The van der Waals surface area contributed by atoms with E-state index >= 15 is 0 Å². The maximum Gasteiger partial charge on any atom is 0.309 e. The Morgan fingerprint density at radius 1 is 1.47 bits per heavy atom. The molecule has 1 aliphatic carbocycles. The summed E-state index contributed by atoms with van der Waals surface area (Å²) in [5.41, 5.74) is 1.40. The molecule has 2 heteroatoms. The molecule has 2 rings (SSSR count). The van der Waals surface area contributed by atoms with Crippen molar-refractivity contribution in [2.24, 2.45) is 23.7 Å². The van der Waals surface area contributed by atoms with Crippen LogP contribution in [0.1, 0.15) is 33.6 Å². The molecule has 0 aromatic carbocycles. The number of hydrogen-bond acceptors (Lipinski definition) is 2. The van der Waals surface area contributed by atoms with E-state index in [9.17, 15) is 4.79 Å². The van der Waals surface area contributed by atoms with Gasteiger partial charge in [0.05, 0.1) is 12.5 Å². The van der Waals surface area contributed by atoms with Crippen molar-refractivity contribution < 1.29 is 9.53 Å². The van der Waals surface area contributed by atoms with E-state index in [4.69, 9.17) is 4.74 Å². The lowest BCUT2D eigenvalue weighted by Crippen LogP contribution is -2.41. The van der Waals surface area contributed by atoms with E-state index in [1.807, 2.05) is 0 Å². The van der Waals surface area contributed by atoms with Crippen molar-refractivity contribution in [2.75, 3.05) is 6.61 Å². The van der Waals surface area contributed by atoms with Crippen molar-refractivity contribution in [1.82, 2.24) is 0 Å². The molecule has 3 atom stereocenters. The van der Waals surface area contributed by atoms with Crippen LogP contribution in [0.5, 0.6) is 0 Å². The Morgan fingerprint density at radius 2 is 2.20 bits per heavy atom. The second-order valence-corrected chi connectivity index (χ2v) is 5.18. The topological polar surface area (TPSA) is 26.3 Å². The van der Waals surface area contributed by atoms with E-state index in [-0.39, 0.29) is 11.9 Å². The highest BCUT2D eigenvalue weighted by Gasteiger charge is 2.42. The lowest BCUT2D eigenvalue weighted by molar-refractivity contribution is -0.159. The van der Waals surface area contributed by atoms with Crippen molar-refractivity contribution >= 4 is 5.97 Å². The van der Waals surface area contributed by atoms with Crippen molar-refractivity contribution in [3.8, 4) is 0 Å². The monoisotopic (exact) mass is 208 g/mol. The number of ether oxygens (including phenoxy) is 1. The number of allylic oxidation sites excluding steroid dienone is 2. The van der Waals surface area contributed by atoms with E-state index in [1.165, 1.54) is 5.57 Å².